The molecule has 0 saturated carbocycles. The zero-order valence-corrected chi connectivity index (χ0v) is 13.7. The second-order valence-corrected chi connectivity index (χ2v) is 6.62. The molecule has 0 radical (unpaired) electrons. The Balaban J connectivity index is 1.47. The van der Waals surface area contributed by atoms with Crippen LogP contribution < -0.4 is 0 Å². The lowest BCUT2D eigenvalue weighted by molar-refractivity contribution is -0.128. The van der Waals surface area contributed by atoms with Gasteiger partial charge in [0.1, 0.15) is 0 Å². The van der Waals surface area contributed by atoms with Gasteiger partial charge in [-0.1, -0.05) is 35.9 Å². The Labute approximate surface area is 138 Å². The minimum Gasteiger partial charge on any atom is -0.393 e. The fraction of sp³-hybridized carbons (Fsp3) is 0.526. The summed E-state index contributed by atoms with van der Waals surface area (Å²) < 4.78 is 0. The molecule has 0 aromatic heterocycles. The van der Waals surface area contributed by atoms with Crippen LogP contribution in [0.4, 0.5) is 0 Å². The molecule has 1 aromatic rings. The lowest BCUT2D eigenvalue weighted by Gasteiger charge is -2.30. The van der Waals surface area contributed by atoms with Crippen molar-refractivity contribution in [3.8, 4) is 0 Å². The Hall–Kier alpha value is -1.65. The number of hydrogen-bond donors (Lipinski definition) is 1. The zero-order chi connectivity index (χ0) is 16.1. The van der Waals surface area contributed by atoms with E-state index >= 15 is 0 Å². The van der Waals surface area contributed by atoms with Gasteiger partial charge in [-0.05, 0) is 31.2 Å². The van der Waals surface area contributed by atoms with Crippen molar-refractivity contribution in [2.75, 3.05) is 26.2 Å². The smallest absolute Gasteiger partial charge is 0.246 e. The summed E-state index contributed by atoms with van der Waals surface area (Å²) in [6, 6.07) is 10.5. The molecule has 0 atom stereocenters. The molecule has 1 N–H and O–H groups in total. The predicted octanol–water partition coefficient (Wildman–Crippen LogP) is 2.19. The largest absolute Gasteiger partial charge is 0.393 e. The average Bonchev–Trinajstić information content (AvgIpc) is 2.58. The standard InChI is InChI=1S/C19H26N2O2/c22-18-8-12-21(13-9-18)19(23)14-16-6-10-20(11-7-16)15-17-4-2-1-3-5-17/h1-5,14,18,22H,6-13,15H2. The van der Waals surface area contributed by atoms with Crippen LogP contribution in [0.15, 0.2) is 42.0 Å². The quantitative estimate of drug-likeness (QED) is 0.870. The zero-order valence-electron chi connectivity index (χ0n) is 13.7. The molecule has 0 bridgehead atoms. The number of piperidine rings is 2. The lowest BCUT2D eigenvalue weighted by atomic mass is 10.0. The predicted molar refractivity (Wildman–Crippen MR) is 90.9 cm³/mol. The molecule has 4 heteroatoms. The fourth-order valence-corrected chi connectivity index (χ4v) is 3.34. The van der Waals surface area contributed by atoms with Crippen LogP contribution in [0.3, 0.4) is 0 Å². The summed E-state index contributed by atoms with van der Waals surface area (Å²) >= 11 is 0. The van der Waals surface area contributed by atoms with Gasteiger partial charge in [-0.25, -0.2) is 0 Å². The summed E-state index contributed by atoms with van der Waals surface area (Å²) in [4.78, 5) is 16.6. The Kier molecular flexibility index (Phi) is 5.47. The first kappa shape index (κ1) is 16.2. The van der Waals surface area contributed by atoms with Crippen LogP contribution in [0.2, 0.25) is 0 Å². The number of benzene rings is 1. The van der Waals surface area contributed by atoms with Gasteiger partial charge in [0, 0.05) is 38.8 Å². The van der Waals surface area contributed by atoms with Gasteiger partial charge in [0.05, 0.1) is 6.10 Å². The van der Waals surface area contributed by atoms with E-state index in [9.17, 15) is 9.90 Å². The van der Waals surface area contributed by atoms with Crippen molar-refractivity contribution < 1.29 is 9.90 Å². The first-order chi connectivity index (χ1) is 11.2. The van der Waals surface area contributed by atoms with Gasteiger partial charge in [0.15, 0.2) is 0 Å². The van der Waals surface area contributed by atoms with Crippen LogP contribution >= 0.6 is 0 Å². The van der Waals surface area contributed by atoms with Gasteiger partial charge < -0.3 is 10.0 Å². The SMILES string of the molecule is O=C(C=C1CCN(Cc2ccccc2)CC1)N1CCC(O)CC1. The van der Waals surface area contributed by atoms with Crippen LogP contribution in [-0.4, -0.2) is 53.1 Å². The van der Waals surface area contributed by atoms with E-state index in [0.29, 0.717) is 25.9 Å². The van der Waals surface area contributed by atoms with Crippen molar-refractivity contribution >= 4 is 5.91 Å². The molecule has 2 aliphatic rings. The van der Waals surface area contributed by atoms with E-state index < -0.39 is 0 Å². The number of aliphatic hydroxyl groups is 1. The van der Waals surface area contributed by atoms with Crippen molar-refractivity contribution in [1.29, 1.82) is 0 Å². The number of carbonyl (C=O) groups is 1. The summed E-state index contributed by atoms with van der Waals surface area (Å²) in [5.74, 6) is 0.128. The normalized spacial score (nSPS) is 20.6. The third-order valence-corrected chi connectivity index (χ3v) is 4.85. The topological polar surface area (TPSA) is 43.8 Å². The highest BCUT2D eigenvalue weighted by molar-refractivity contribution is 5.88. The maximum absolute atomic E-state index is 12.3. The van der Waals surface area contributed by atoms with Gasteiger partial charge in [-0.3, -0.25) is 9.69 Å². The van der Waals surface area contributed by atoms with Crippen molar-refractivity contribution in [2.45, 2.75) is 38.3 Å². The summed E-state index contributed by atoms with van der Waals surface area (Å²) in [5, 5.41) is 9.52. The Bertz CT molecular complexity index is 538. The lowest BCUT2D eigenvalue weighted by Crippen LogP contribution is -2.39. The number of nitrogens with zero attached hydrogens (tertiary/aromatic N) is 2. The summed E-state index contributed by atoms with van der Waals surface area (Å²) in [7, 11) is 0. The van der Waals surface area contributed by atoms with Crippen LogP contribution in [0.25, 0.3) is 0 Å². The van der Waals surface area contributed by atoms with Crippen molar-refractivity contribution in [3.63, 3.8) is 0 Å². The number of amides is 1. The number of aliphatic hydroxyl groups excluding tert-OH is 1. The molecule has 2 saturated heterocycles. The Morgan fingerprint density at radius 3 is 2.39 bits per heavy atom. The van der Waals surface area contributed by atoms with Crippen LogP contribution in [0.5, 0.6) is 0 Å². The van der Waals surface area contributed by atoms with Crippen molar-refractivity contribution in [2.24, 2.45) is 0 Å². The summed E-state index contributed by atoms with van der Waals surface area (Å²) in [6.07, 6.45) is 4.99. The molecule has 0 aliphatic carbocycles. The van der Waals surface area contributed by atoms with Gasteiger partial charge >= 0.3 is 0 Å². The molecule has 0 unspecified atom stereocenters. The minimum absolute atomic E-state index is 0.128. The molecule has 2 aliphatic heterocycles. The third-order valence-electron chi connectivity index (χ3n) is 4.85. The van der Waals surface area contributed by atoms with E-state index in [4.69, 9.17) is 0 Å². The van der Waals surface area contributed by atoms with Crippen molar-refractivity contribution in [1.82, 2.24) is 9.80 Å². The monoisotopic (exact) mass is 314 g/mol. The molecular weight excluding hydrogens is 288 g/mol. The number of likely N-dealkylation sites (tertiary alicyclic amines) is 2. The molecule has 1 aromatic carbocycles. The van der Waals surface area contributed by atoms with E-state index in [-0.39, 0.29) is 12.0 Å². The first-order valence-corrected chi connectivity index (χ1v) is 8.63. The number of rotatable bonds is 3. The summed E-state index contributed by atoms with van der Waals surface area (Å²) in [5.41, 5.74) is 2.62. The molecular formula is C19H26N2O2. The second kappa shape index (κ2) is 7.75. The maximum Gasteiger partial charge on any atom is 0.246 e. The van der Waals surface area contributed by atoms with Gasteiger partial charge in [-0.15, -0.1) is 0 Å². The fourth-order valence-electron chi connectivity index (χ4n) is 3.34. The van der Waals surface area contributed by atoms with Crippen molar-refractivity contribution in [3.05, 3.63) is 47.5 Å². The first-order valence-electron chi connectivity index (χ1n) is 8.63. The average molecular weight is 314 g/mol. The maximum atomic E-state index is 12.3. The summed E-state index contributed by atoms with van der Waals surface area (Å²) in [6.45, 7) is 4.40. The van der Waals surface area contributed by atoms with Crippen LogP contribution in [-0.2, 0) is 11.3 Å². The van der Waals surface area contributed by atoms with E-state index in [1.807, 2.05) is 17.0 Å². The van der Waals surface area contributed by atoms with Gasteiger partial charge in [0.2, 0.25) is 5.91 Å². The Morgan fingerprint density at radius 1 is 1.09 bits per heavy atom. The van der Waals surface area contributed by atoms with E-state index in [1.54, 1.807) is 0 Å². The molecule has 1 amide bonds. The van der Waals surface area contributed by atoms with Gasteiger partial charge in [0.25, 0.3) is 0 Å². The number of hydrogen-bond acceptors (Lipinski definition) is 3. The highest BCUT2D eigenvalue weighted by Crippen LogP contribution is 2.19. The number of carbonyl (C=O) groups excluding carboxylic acids is 1. The van der Waals surface area contributed by atoms with Crippen LogP contribution in [0, 0.1) is 0 Å². The minimum atomic E-state index is -0.229. The second-order valence-electron chi connectivity index (χ2n) is 6.62. The Morgan fingerprint density at radius 2 is 1.74 bits per heavy atom. The van der Waals surface area contributed by atoms with E-state index in [0.717, 1.165) is 32.5 Å². The molecule has 2 fully saturated rings. The van der Waals surface area contributed by atoms with E-state index in [2.05, 4.69) is 29.2 Å². The highest BCUT2D eigenvalue weighted by Gasteiger charge is 2.21. The molecule has 2 heterocycles. The van der Waals surface area contributed by atoms with E-state index in [1.165, 1.54) is 11.1 Å². The molecule has 4 nitrogen and oxygen atoms in total. The van der Waals surface area contributed by atoms with Gasteiger partial charge in [-0.2, -0.15) is 0 Å². The van der Waals surface area contributed by atoms with Crippen LogP contribution in [0.1, 0.15) is 31.2 Å². The molecule has 0 spiro atoms. The third kappa shape index (κ3) is 4.66. The molecule has 23 heavy (non-hydrogen) atoms. The molecule has 124 valence electrons. The molecule has 3 rings (SSSR count). The highest BCUT2D eigenvalue weighted by atomic mass is 16.3.